The molecule has 0 atom stereocenters. The monoisotopic (exact) mass is 477 g/mol. The van der Waals surface area contributed by atoms with Crippen LogP contribution in [0.4, 0.5) is 0 Å². The van der Waals surface area contributed by atoms with E-state index < -0.39 is 12.8 Å². The Kier molecular flexibility index (Phi) is 6.83. The highest BCUT2D eigenvalue weighted by molar-refractivity contribution is 6.67. The smallest absolute Gasteiger partial charge is 0.250 e. The molecule has 132 valence electrons. The van der Waals surface area contributed by atoms with Crippen molar-refractivity contribution in [3.8, 4) is 11.4 Å². The fraction of sp³-hybridized carbons (Fsp3) is 0.143. The fourth-order valence-corrected chi connectivity index (χ4v) is 2.27. The highest BCUT2D eigenvalue weighted by atomic mass is 35.6. The molecule has 0 spiro atoms. The first-order chi connectivity index (χ1) is 11.5. The maximum Gasteiger partial charge on any atom is 0.250 e. The molecule has 4 nitrogen and oxygen atoms in total. The Hall–Kier alpha value is -0.330. The van der Waals surface area contributed by atoms with Gasteiger partial charge < -0.3 is 0 Å². The van der Waals surface area contributed by atoms with Crippen LogP contribution < -0.4 is 0 Å². The number of carbonyl (C=O) groups is 1. The van der Waals surface area contributed by atoms with Crippen molar-refractivity contribution in [1.82, 2.24) is 15.0 Å². The molecule has 0 aliphatic rings. The van der Waals surface area contributed by atoms with Gasteiger partial charge in [0.1, 0.15) is 0 Å². The van der Waals surface area contributed by atoms with E-state index in [1.165, 1.54) is 12.2 Å². The Labute approximate surface area is 178 Å². The van der Waals surface area contributed by atoms with E-state index in [1.54, 1.807) is 24.3 Å². The molecule has 11 heteroatoms. The van der Waals surface area contributed by atoms with Crippen LogP contribution in [0.25, 0.3) is 17.5 Å². The lowest BCUT2D eigenvalue weighted by Gasteiger charge is -2.15. The lowest BCUT2D eigenvalue weighted by atomic mass is 10.1. The van der Waals surface area contributed by atoms with Crippen LogP contribution >= 0.6 is 81.2 Å². The van der Waals surface area contributed by atoms with E-state index in [1.807, 2.05) is 0 Å². The summed E-state index contributed by atoms with van der Waals surface area (Å²) in [5, 5.41) is -0.609. The topological polar surface area (TPSA) is 55.7 Å². The third-order valence-corrected chi connectivity index (χ3v) is 3.83. The highest BCUT2D eigenvalue weighted by Gasteiger charge is 2.34. The molecule has 0 aliphatic heterocycles. The van der Waals surface area contributed by atoms with E-state index in [0.29, 0.717) is 11.1 Å². The number of rotatable bonds is 3. The number of allylic oxidation sites excluding steroid dienone is 1. The maximum atomic E-state index is 10.8. The molecule has 1 heterocycles. The minimum Gasteiger partial charge on any atom is -0.276 e. The van der Waals surface area contributed by atoms with Gasteiger partial charge in [0.15, 0.2) is 17.5 Å². The van der Waals surface area contributed by atoms with Gasteiger partial charge in [0, 0.05) is 5.56 Å². The Balaban J connectivity index is 2.58. The van der Waals surface area contributed by atoms with Crippen molar-refractivity contribution in [2.45, 2.75) is 7.59 Å². The van der Waals surface area contributed by atoms with Gasteiger partial charge >= 0.3 is 0 Å². The van der Waals surface area contributed by atoms with Crippen LogP contribution in [0.5, 0.6) is 0 Å². The molecule has 0 saturated heterocycles. The molecule has 0 N–H and O–H groups in total. The van der Waals surface area contributed by atoms with Gasteiger partial charge in [-0.25, -0.2) is 15.0 Å². The van der Waals surface area contributed by atoms with Gasteiger partial charge in [0.2, 0.25) is 12.8 Å². The SMILES string of the molecule is O=C(Cl)/C=C/c1cccc(-c2nc(C(Cl)(Cl)Cl)nc(C(Cl)(Cl)Cl)n2)c1. The van der Waals surface area contributed by atoms with Crippen molar-refractivity contribution in [3.05, 3.63) is 47.6 Å². The normalized spacial score (nSPS) is 12.6. The van der Waals surface area contributed by atoms with E-state index in [-0.39, 0.29) is 17.5 Å². The van der Waals surface area contributed by atoms with Crippen LogP contribution in [0.3, 0.4) is 0 Å². The summed E-state index contributed by atoms with van der Waals surface area (Å²) in [6.45, 7) is 0. The van der Waals surface area contributed by atoms with Gasteiger partial charge in [-0.15, -0.1) is 0 Å². The van der Waals surface area contributed by atoms with Crippen molar-refractivity contribution in [2.24, 2.45) is 0 Å². The summed E-state index contributed by atoms with van der Waals surface area (Å²) < 4.78 is -3.88. The molecule has 2 aromatic rings. The Morgan fingerprint density at radius 3 is 1.96 bits per heavy atom. The molecule has 25 heavy (non-hydrogen) atoms. The quantitative estimate of drug-likeness (QED) is 0.309. The molecular formula is C14H6Cl7N3O. The number of hydrogen-bond donors (Lipinski definition) is 0. The van der Waals surface area contributed by atoms with Crippen molar-refractivity contribution < 1.29 is 4.79 Å². The van der Waals surface area contributed by atoms with Crippen LogP contribution in [-0.4, -0.2) is 20.2 Å². The molecule has 0 amide bonds. The summed E-state index contributed by atoms with van der Waals surface area (Å²) in [5.74, 6) is -0.258. The van der Waals surface area contributed by atoms with Crippen molar-refractivity contribution >= 4 is 92.5 Å². The van der Waals surface area contributed by atoms with E-state index >= 15 is 0 Å². The maximum absolute atomic E-state index is 10.8. The van der Waals surface area contributed by atoms with Gasteiger partial charge in [0.05, 0.1) is 0 Å². The summed E-state index contributed by atoms with van der Waals surface area (Å²) in [7, 11) is 0. The van der Waals surface area contributed by atoms with Gasteiger partial charge in [0.25, 0.3) is 0 Å². The van der Waals surface area contributed by atoms with Crippen molar-refractivity contribution in [2.75, 3.05) is 0 Å². The number of alkyl halides is 6. The zero-order valence-electron chi connectivity index (χ0n) is 11.9. The summed E-state index contributed by atoms with van der Waals surface area (Å²) in [4.78, 5) is 23.0. The first kappa shape index (κ1) is 21.0. The summed E-state index contributed by atoms with van der Waals surface area (Å²) in [6, 6.07) is 6.82. The number of halogens is 7. The molecular weight excluding hydrogens is 474 g/mol. The molecule has 0 unspecified atom stereocenters. The molecule has 0 radical (unpaired) electrons. The van der Waals surface area contributed by atoms with E-state index in [2.05, 4.69) is 15.0 Å². The molecule has 0 saturated carbocycles. The van der Waals surface area contributed by atoms with Crippen molar-refractivity contribution in [1.29, 1.82) is 0 Å². The fourth-order valence-electron chi connectivity index (χ4n) is 1.70. The second-order valence-corrected chi connectivity index (χ2v) is 9.50. The summed E-state index contributed by atoms with van der Waals surface area (Å²) >= 11 is 40.3. The van der Waals surface area contributed by atoms with Crippen LogP contribution in [-0.2, 0) is 12.4 Å². The predicted molar refractivity (Wildman–Crippen MR) is 104 cm³/mol. The molecule has 1 aromatic carbocycles. The average molecular weight is 480 g/mol. The molecule has 2 rings (SSSR count). The minimum absolute atomic E-state index is 0.130. The molecule has 0 aliphatic carbocycles. The van der Waals surface area contributed by atoms with E-state index in [4.69, 9.17) is 81.2 Å². The number of carbonyl (C=O) groups excluding carboxylic acids is 1. The average Bonchev–Trinajstić information content (AvgIpc) is 2.51. The first-order valence-corrected chi connectivity index (χ1v) is 9.00. The lowest BCUT2D eigenvalue weighted by molar-refractivity contribution is -0.107. The predicted octanol–water partition coefficient (Wildman–Crippen LogP) is 5.97. The van der Waals surface area contributed by atoms with Crippen LogP contribution in [0.15, 0.2) is 30.3 Å². The molecule has 0 fully saturated rings. The number of nitrogens with zero attached hydrogens (tertiary/aromatic N) is 3. The van der Waals surface area contributed by atoms with Crippen LogP contribution in [0, 0.1) is 0 Å². The standard InChI is InChI=1S/C14H6Cl7N3O/c15-9(25)5-4-7-2-1-3-8(6-7)10-22-11(13(16,17)18)24-12(23-10)14(19,20)21/h1-6H/b5-4+. The molecule has 1 aromatic heterocycles. The van der Waals surface area contributed by atoms with Crippen LogP contribution in [0.2, 0.25) is 0 Å². The third kappa shape index (κ3) is 6.10. The van der Waals surface area contributed by atoms with Gasteiger partial charge in [-0.1, -0.05) is 93.9 Å². The minimum atomic E-state index is -1.94. The van der Waals surface area contributed by atoms with Crippen LogP contribution in [0.1, 0.15) is 17.2 Å². The largest absolute Gasteiger partial charge is 0.276 e. The lowest BCUT2D eigenvalue weighted by Crippen LogP contribution is -2.16. The highest BCUT2D eigenvalue weighted by Crippen LogP contribution is 2.40. The molecule has 0 bridgehead atoms. The zero-order chi connectivity index (χ0) is 18.8. The second-order valence-electron chi connectivity index (χ2n) is 4.56. The third-order valence-electron chi connectivity index (χ3n) is 2.69. The van der Waals surface area contributed by atoms with Gasteiger partial charge in [-0.2, -0.15) is 0 Å². The van der Waals surface area contributed by atoms with E-state index in [9.17, 15) is 4.79 Å². The number of aromatic nitrogens is 3. The summed E-state index contributed by atoms with van der Waals surface area (Å²) in [5.41, 5.74) is 1.19. The zero-order valence-corrected chi connectivity index (χ0v) is 17.2. The van der Waals surface area contributed by atoms with Crippen molar-refractivity contribution in [3.63, 3.8) is 0 Å². The van der Waals surface area contributed by atoms with Gasteiger partial charge in [-0.3, -0.25) is 4.79 Å². The van der Waals surface area contributed by atoms with E-state index in [0.717, 1.165) is 0 Å². The Morgan fingerprint density at radius 1 is 0.920 bits per heavy atom. The Morgan fingerprint density at radius 2 is 1.48 bits per heavy atom. The number of benzene rings is 1. The summed E-state index contributed by atoms with van der Waals surface area (Å²) in [6.07, 6.45) is 2.72. The number of hydrogen-bond acceptors (Lipinski definition) is 4. The first-order valence-electron chi connectivity index (χ1n) is 6.35. The Bertz CT molecular complexity index is 796. The van der Waals surface area contributed by atoms with Gasteiger partial charge in [-0.05, 0) is 29.3 Å². The second kappa shape index (κ2) is 8.13.